The molecule has 1 heterocycles. The van der Waals surface area contributed by atoms with Crippen molar-refractivity contribution in [2.24, 2.45) is 11.8 Å². The molecule has 23 heavy (non-hydrogen) atoms. The van der Waals surface area contributed by atoms with Gasteiger partial charge in [0.25, 0.3) is 0 Å². The van der Waals surface area contributed by atoms with E-state index in [-0.39, 0.29) is 23.7 Å². The fraction of sp³-hybridized carbons (Fsp3) is 0.882. The van der Waals surface area contributed by atoms with Gasteiger partial charge in [-0.25, -0.2) is 0 Å². The Morgan fingerprint density at radius 2 is 1.70 bits per heavy atom. The first-order valence-electron chi connectivity index (χ1n) is 9.12. The fourth-order valence-electron chi connectivity index (χ4n) is 3.62. The predicted molar refractivity (Wildman–Crippen MR) is 86.9 cm³/mol. The van der Waals surface area contributed by atoms with Crippen molar-refractivity contribution in [2.75, 3.05) is 39.4 Å². The van der Waals surface area contributed by atoms with E-state index in [1.54, 1.807) is 0 Å². The number of nitrogens with one attached hydrogen (secondary N) is 2. The van der Waals surface area contributed by atoms with E-state index >= 15 is 0 Å². The number of carbonyl (C=O) groups is 2. The highest BCUT2D eigenvalue weighted by molar-refractivity contribution is 5.92. The van der Waals surface area contributed by atoms with Gasteiger partial charge in [-0.15, -0.1) is 0 Å². The summed E-state index contributed by atoms with van der Waals surface area (Å²) < 4.78 is 5.30. The Bertz CT molecular complexity index is 417. The molecule has 3 rings (SSSR count). The molecule has 2 N–H and O–H groups in total. The third-order valence-corrected chi connectivity index (χ3v) is 5.25. The van der Waals surface area contributed by atoms with Gasteiger partial charge in [0, 0.05) is 32.2 Å². The third-order valence-electron chi connectivity index (χ3n) is 5.25. The molecule has 2 atom stereocenters. The minimum atomic E-state index is -0.108. The van der Waals surface area contributed by atoms with Crippen LogP contribution < -0.4 is 10.6 Å². The van der Waals surface area contributed by atoms with Crippen molar-refractivity contribution < 1.29 is 14.3 Å². The Morgan fingerprint density at radius 3 is 2.43 bits per heavy atom. The van der Waals surface area contributed by atoms with Gasteiger partial charge in [-0.2, -0.15) is 0 Å². The van der Waals surface area contributed by atoms with Gasteiger partial charge in [0.2, 0.25) is 11.8 Å². The Labute approximate surface area is 138 Å². The average Bonchev–Trinajstić information content (AvgIpc) is 3.37. The smallest absolute Gasteiger partial charge is 0.224 e. The van der Waals surface area contributed by atoms with Crippen LogP contribution in [0.25, 0.3) is 0 Å². The summed E-state index contributed by atoms with van der Waals surface area (Å²) in [5, 5.41) is 6.11. The largest absolute Gasteiger partial charge is 0.379 e. The first kappa shape index (κ1) is 16.7. The lowest BCUT2D eigenvalue weighted by Gasteiger charge is -2.26. The average molecular weight is 323 g/mol. The summed E-state index contributed by atoms with van der Waals surface area (Å²) in [6.45, 7) is 4.95. The van der Waals surface area contributed by atoms with E-state index in [0.717, 1.165) is 45.7 Å². The summed E-state index contributed by atoms with van der Waals surface area (Å²) in [7, 11) is 0. The van der Waals surface area contributed by atoms with Crippen molar-refractivity contribution in [1.29, 1.82) is 0 Å². The molecular weight excluding hydrogens is 294 g/mol. The van der Waals surface area contributed by atoms with Crippen LogP contribution in [0.5, 0.6) is 0 Å². The van der Waals surface area contributed by atoms with Crippen LogP contribution in [0.3, 0.4) is 0 Å². The first-order valence-corrected chi connectivity index (χ1v) is 9.12. The molecule has 130 valence electrons. The molecular formula is C17H29N3O3. The molecule has 1 saturated heterocycles. The van der Waals surface area contributed by atoms with E-state index in [1.165, 1.54) is 19.3 Å². The minimum absolute atomic E-state index is 0.0436. The SMILES string of the molecule is O=C(NCCN1CCOCC1)C1CC1C(=O)NC1CCCCC1. The fourth-order valence-corrected chi connectivity index (χ4v) is 3.62. The molecule has 2 amide bonds. The molecule has 3 aliphatic rings. The Morgan fingerprint density at radius 1 is 1.00 bits per heavy atom. The summed E-state index contributed by atoms with van der Waals surface area (Å²) in [6.07, 6.45) is 6.60. The van der Waals surface area contributed by atoms with Gasteiger partial charge in [-0.1, -0.05) is 19.3 Å². The van der Waals surface area contributed by atoms with Crippen LogP contribution in [0.2, 0.25) is 0 Å². The molecule has 2 unspecified atom stereocenters. The van der Waals surface area contributed by atoms with Crippen LogP contribution in [0, 0.1) is 11.8 Å². The van der Waals surface area contributed by atoms with Crippen LogP contribution in [-0.4, -0.2) is 62.1 Å². The van der Waals surface area contributed by atoms with Crippen LogP contribution in [0.15, 0.2) is 0 Å². The summed E-state index contributed by atoms with van der Waals surface area (Å²) in [4.78, 5) is 26.6. The Balaban J connectivity index is 1.31. The summed E-state index contributed by atoms with van der Waals surface area (Å²) >= 11 is 0. The van der Waals surface area contributed by atoms with E-state index in [2.05, 4.69) is 15.5 Å². The zero-order valence-electron chi connectivity index (χ0n) is 13.9. The van der Waals surface area contributed by atoms with E-state index in [4.69, 9.17) is 4.74 Å². The van der Waals surface area contributed by atoms with Gasteiger partial charge in [0.15, 0.2) is 0 Å². The number of morpholine rings is 1. The zero-order chi connectivity index (χ0) is 16.1. The summed E-state index contributed by atoms with van der Waals surface area (Å²) in [6, 6.07) is 0.335. The number of nitrogens with zero attached hydrogens (tertiary/aromatic N) is 1. The third kappa shape index (κ3) is 4.91. The molecule has 0 spiro atoms. The van der Waals surface area contributed by atoms with Gasteiger partial charge in [0.1, 0.15) is 0 Å². The van der Waals surface area contributed by atoms with E-state index in [0.29, 0.717) is 19.0 Å². The number of amides is 2. The second-order valence-electron chi connectivity index (χ2n) is 7.04. The molecule has 3 fully saturated rings. The molecule has 1 aliphatic heterocycles. The molecule has 0 aromatic rings. The molecule has 0 radical (unpaired) electrons. The monoisotopic (exact) mass is 323 g/mol. The molecule has 6 heteroatoms. The highest BCUT2D eigenvalue weighted by atomic mass is 16.5. The van der Waals surface area contributed by atoms with Gasteiger partial charge in [0.05, 0.1) is 25.0 Å². The number of rotatable bonds is 6. The second kappa shape index (κ2) is 8.11. The maximum atomic E-state index is 12.2. The lowest BCUT2D eigenvalue weighted by Crippen LogP contribution is -2.42. The number of hydrogen-bond acceptors (Lipinski definition) is 4. The minimum Gasteiger partial charge on any atom is -0.379 e. The summed E-state index contributed by atoms with van der Waals surface area (Å²) in [5.74, 6) is -0.0733. The number of carbonyl (C=O) groups excluding carboxylic acids is 2. The van der Waals surface area contributed by atoms with Crippen LogP contribution in [-0.2, 0) is 14.3 Å². The quantitative estimate of drug-likeness (QED) is 0.748. The van der Waals surface area contributed by atoms with Crippen LogP contribution in [0.4, 0.5) is 0 Å². The lowest BCUT2D eigenvalue weighted by molar-refractivity contribution is -0.127. The molecule has 2 aliphatic carbocycles. The second-order valence-corrected chi connectivity index (χ2v) is 7.04. The maximum absolute atomic E-state index is 12.2. The highest BCUT2D eigenvalue weighted by Gasteiger charge is 2.48. The maximum Gasteiger partial charge on any atom is 0.224 e. The first-order chi connectivity index (χ1) is 11.2. The Kier molecular flexibility index (Phi) is 5.89. The summed E-state index contributed by atoms with van der Waals surface area (Å²) in [5.41, 5.74) is 0. The van der Waals surface area contributed by atoms with Gasteiger partial charge >= 0.3 is 0 Å². The van der Waals surface area contributed by atoms with Crippen molar-refractivity contribution in [2.45, 2.75) is 44.6 Å². The van der Waals surface area contributed by atoms with Gasteiger partial charge < -0.3 is 15.4 Å². The molecule has 6 nitrogen and oxygen atoms in total. The number of ether oxygens (including phenoxy) is 1. The standard InChI is InChI=1S/C17H29N3O3/c21-16(18-6-7-20-8-10-23-11-9-20)14-12-15(14)17(22)19-13-4-2-1-3-5-13/h13-15H,1-12H2,(H,18,21)(H,19,22). The molecule has 0 aromatic heterocycles. The van der Waals surface area contributed by atoms with Gasteiger partial charge in [-0.05, 0) is 19.3 Å². The number of hydrogen-bond donors (Lipinski definition) is 2. The van der Waals surface area contributed by atoms with Crippen molar-refractivity contribution in [3.63, 3.8) is 0 Å². The lowest BCUT2D eigenvalue weighted by atomic mass is 9.95. The van der Waals surface area contributed by atoms with E-state index in [1.807, 2.05) is 0 Å². The van der Waals surface area contributed by atoms with Crippen molar-refractivity contribution in [3.05, 3.63) is 0 Å². The van der Waals surface area contributed by atoms with Gasteiger partial charge in [-0.3, -0.25) is 14.5 Å². The topological polar surface area (TPSA) is 70.7 Å². The van der Waals surface area contributed by atoms with Crippen LogP contribution >= 0.6 is 0 Å². The van der Waals surface area contributed by atoms with E-state index < -0.39 is 0 Å². The zero-order valence-corrected chi connectivity index (χ0v) is 13.9. The molecule has 0 bridgehead atoms. The van der Waals surface area contributed by atoms with Crippen LogP contribution in [0.1, 0.15) is 38.5 Å². The molecule has 0 aromatic carbocycles. The van der Waals surface area contributed by atoms with E-state index in [9.17, 15) is 9.59 Å². The molecule has 2 saturated carbocycles. The normalized spacial score (nSPS) is 29.0. The highest BCUT2D eigenvalue weighted by Crippen LogP contribution is 2.39. The van der Waals surface area contributed by atoms with Crippen molar-refractivity contribution in [3.8, 4) is 0 Å². The van der Waals surface area contributed by atoms with Crippen molar-refractivity contribution >= 4 is 11.8 Å². The predicted octanol–water partition coefficient (Wildman–Crippen LogP) is 0.520. The Hall–Kier alpha value is -1.14. The van der Waals surface area contributed by atoms with Crippen molar-refractivity contribution in [1.82, 2.24) is 15.5 Å².